The number of ether oxygens (including phenoxy) is 1. The number of pyridine rings is 1. The zero-order valence-corrected chi connectivity index (χ0v) is 15.8. The van der Waals surface area contributed by atoms with E-state index in [0.29, 0.717) is 23.8 Å². The minimum Gasteiger partial charge on any atom is -0.461 e. The van der Waals surface area contributed by atoms with E-state index in [4.69, 9.17) is 4.74 Å². The van der Waals surface area contributed by atoms with Crippen molar-refractivity contribution in [3.05, 3.63) is 70.7 Å². The lowest BCUT2D eigenvalue weighted by Crippen LogP contribution is -2.21. The first-order valence-electron chi connectivity index (χ1n) is 8.88. The smallest absolute Gasteiger partial charge is 0.355 e. The molecule has 0 fully saturated rings. The summed E-state index contributed by atoms with van der Waals surface area (Å²) in [6, 6.07) is 12.8. The highest BCUT2D eigenvalue weighted by Gasteiger charge is 2.14. The fraction of sp³-hybridized carbons (Fsp3) is 0.200. The molecule has 4 rings (SSSR count). The van der Waals surface area contributed by atoms with Gasteiger partial charge in [0.15, 0.2) is 0 Å². The predicted molar refractivity (Wildman–Crippen MR) is 104 cm³/mol. The lowest BCUT2D eigenvalue weighted by Gasteiger charge is -2.04. The van der Waals surface area contributed by atoms with Gasteiger partial charge in [0.2, 0.25) is 0 Å². The van der Waals surface area contributed by atoms with Gasteiger partial charge in [0.25, 0.3) is 0 Å². The van der Waals surface area contributed by atoms with E-state index in [1.807, 2.05) is 30.3 Å². The molecule has 0 aliphatic carbocycles. The normalized spacial score (nSPS) is 11.1. The van der Waals surface area contributed by atoms with Crippen molar-refractivity contribution in [3.8, 4) is 16.9 Å². The summed E-state index contributed by atoms with van der Waals surface area (Å²) in [6.07, 6.45) is 1.80. The maximum atomic E-state index is 12.2. The number of imidazole rings is 1. The summed E-state index contributed by atoms with van der Waals surface area (Å²) in [5.74, 6) is 0.228. The summed E-state index contributed by atoms with van der Waals surface area (Å²) in [7, 11) is 1.62. The second kappa shape index (κ2) is 6.80. The topological polar surface area (TPSA) is 83.4 Å². The third-order valence-electron chi connectivity index (χ3n) is 4.48. The molecule has 8 nitrogen and oxygen atoms in total. The molecule has 0 N–H and O–H groups in total. The number of nitrogens with zero attached hydrogens (tertiary/aromatic N) is 5. The predicted octanol–water partition coefficient (Wildman–Crippen LogP) is 2.37. The summed E-state index contributed by atoms with van der Waals surface area (Å²) in [6.45, 7) is 3.87. The number of rotatable bonds is 4. The van der Waals surface area contributed by atoms with Crippen molar-refractivity contribution in [2.45, 2.75) is 13.8 Å². The van der Waals surface area contributed by atoms with E-state index in [-0.39, 0.29) is 11.7 Å². The van der Waals surface area contributed by atoms with Crippen LogP contribution in [0.2, 0.25) is 0 Å². The van der Waals surface area contributed by atoms with E-state index in [9.17, 15) is 9.59 Å². The molecule has 0 spiro atoms. The average Bonchev–Trinajstić information content (AvgIpc) is 3.22. The van der Waals surface area contributed by atoms with E-state index < -0.39 is 0 Å². The van der Waals surface area contributed by atoms with Gasteiger partial charge in [-0.05, 0) is 38.1 Å². The number of hydrogen-bond acceptors (Lipinski definition) is 5. The van der Waals surface area contributed by atoms with Crippen LogP contribution in [-0.4, -0.2) is 36.3 Å². The molecule has 0 saturated heterocycles. The van der Waals surface area contributed by atoms with E-state index >= 15 is 0 Å². The number of esters is 1. The summed E-state index contributed by atoms with van der Waals surface area (Å²) in [5, 5.41) is 4.15. The van der Waals surface area contributed by atoms with Gasteiger partial charge in [-0.25, -0.2) is 23.8 Å². The van der Waals surface area contributed by atoms with Crippen LogP contribution in [0.5, 0.6) is 0 Å². The number of hydrogen-bond donors (Lipinski definition) is 0. The first-order chi connectivity index (χ1) is 13.5. The lowest BCUT2D eigenvalue weighted by molar-refractivity contribution is 0.0517. The summed E-state index contributed by atoms with van der Waals surface area (Å²) < 4.78 is 9.69. The number of benzene rings is 1. The number of aromatic nitrogens is 5. The van der Waals surface area contributed by atoms with Crippen LogP contribution < -0.4 is 5.69 Å². The first-order valence-corrected chi connectivity index (χ1v) is 8.88. The Bertz CT molecular complexity index is 1230. The molecule has 0 saturated carbocycles. The van der Waals surface area contributed by atoms with Crippen LogP contribution in [0.4, 0.5) is 0 Å². The van der Waals surface area contributed by atoms with Crippen LogP contribution in [-0.2, 0) is 11.8 Å². The molecule has 1 aromatic carbocycles. The van der Waals surface area contributed by atoms with Gasteiger partial charge in [0.05, 0.1) is 18.0 Å². The molecule has 142 valence electrons. The highest BCUT2D eigenvalue weighted by molar-refractivity contribution is 5.88. The third kappa shape index (κ3) is 2.88. The molecular formula is C20H19N5O3. The van der Waals surface area contributed by atoms with E-state index in [1.54, 1.807) is 48.2 Å². The summed E-state index contributed by atoms with van der Waals surface area (Å²) in [4.78, 5) is 29.0. The van der Waals surface area contributed by atoms with Crippen LogP contribution in [0.1, 0.15) is 23.2 Å². The summed E-state index contributed by atoms with van der Waals surface area (Å²) >= 11 is 0. The van der Waals surface area contributed by atoms with Crippen molar-refractivity contribution in [1.82, 2.24) is 23.7 Å². The second-order valence-electron chi connectivity index (χ2n) is 6.32. The van der Waals surface area contributed by atoms with Crippen LogP contribution in [0.3, 0.4) is 0 Å². The molecule has 0 radical (unpaired) electrons. The van der Waals surface area contributed by atoms with Gasteiger partial charge in [-0.15, -0.1) is 0 Å². The fourth-order valence-corrected chi connectivity index (χ4v) is 3.19. The van der Waals surface area contributed by atoms with Gasteiger partial charge < -0.3 is 4.74 Å². The van der Waals surface area contributed by atoms with Gasteiger partial charge in [0.1, 0.15) is 17.2 Å². The minimum absolute atomic E-state index is 0.197. The number of carbonyl (C=O) groups is 1. The van der Waals surface area contributed by atoms with Gasteiger partial charge in [-0.3, -0.25) is 4.40 Å². The van der Waals surface area contributed by atoms with Crippen LogP contribution >= 0.6 is 0 Å². The molecule has 0 amide bonds. The Morgan fingerprint density at radius 1 is 1.14 bits per heavy atom. The van der Waals surface area contributed by atoms with Crippen molar-refractivity contribution in [3.63, 3.8) is 0 Å². The Morgan fingerprint density at radius 2 is 1.89 bits per heavy atom. The van der Waals surface area contributed by atoms with Crippen molar-refractivity contribution in [2.75, 3.05) is 6.61 Å². The van der Waals surface area contributed by atoms with Gasteiger partial charge >= 0.3 is 11.7 Å². The zero-order chi connectivity index (χ0) is 19.8. The van der Waals surface area contributed by atoms with Crippen molar-refractivity contribution >= 4 is 11.6 Å². The number of aryl methyl sites for hydroxylation is 2. The summed E-state index contributed by atoms with van der Waals surface area (Å²) in [5.41, 5.74) is 3.21. The van der Waals surface area contributed by atoms with E-state index in [1.165, 1.54) is 4.68 Å². The van der Waals surface area contributed by atoms with Crippen molar-refractivity contribution in [2.24, 2.45) is 7.05 Å². The minimum atomic E-state index is -0.390. The first kappa shape index (κ1) is 17.7. The van der Waals surface area contributed by atoms with Crippen LogP contribution in [0, 0.1) is 6.92 Å². The lowest BCUT2D eigenvalue weighted by atomic mass is 10.1. The Balaban J connectivity index is 1.74. The third-order valence-corrected chi connectivity index (χ3v) is 4.48. The second-order valence-corrected chi connectivity index (χ2v) is 6.32. The fourth-order valence-electron chi connectivity index (χ4n) is 3.19. The van der Waals surface area contributed by atoms with Gasteiger partial charge in [-0.2, -0.15) is 5.10 Å². The quantitative estimate of drug-likeness (QED) is 0.510. The zero-order valence-electron chi connectivity index (χ0n) is 15.8. The van der Waals surface area contributed by atoms with Crippen LogP contribution in [0.15, 0.2) is 53.5 Å². The Hall–Kier alpha value is -3.68. The Kier molecular flexibility index (Phi) is 4.31. The maximum absolute atomic E-state index is 12.2. The van der Waals surface area contributed by atoms with Gasteiger partial charge in [0, 0.05) is 18.8 Å². The number of carbonyl (C=O) groups excluding carboxylic acids is 1. The maximum Gasteiger partial charge on any atom is 0.355 e. The Labute approximate surface area is 160 Å². The highest BCUT2D eigenvalue weighted by atomic mass is 16.5. The van der Waals surface area contributed by atoms with E-state index in [0.717, 1.165) is 16.9 Å². The molecular weight excluding hydrogens is 358 g/mol. The monoisotopic (exact) mass is 377 g/mol. The molecule has 28 heavy (non-hydrogen) atoms. The van der Waals surface area contributed by atoms with Crippen molar-refractivity contribution in [1.29, 1.82) is 0 Å². The standard InChI is InChI=1S/C20H19N5O3/c1-4-28-19(26)17-6-5-7-18-21-16(12-24(17)18)14-8-10-15(11-9-14)25-13(2)22-23(3)20(25)27/h5-12H,4H2,1-3H3. The van der Waals surface area contributed by atoms with E-state index in [2.05, 4.69) is 10.1 Å². The Morgan fingerprint density at radius 3 is 2.54 bits per heavy atom. The van der Waals surface area contributed by atoms with Gasteiger partial charge in [-0.1, -0.05) is 18.2 Å². The molecule has 0 bridgehead atoms. The molecule has 0 unspecified atom stereocenters. The molecule has 3 heterocycles. The highest BCUT2D eigenvalue weighted by Crippen LogP contribution is 2.22. The molecule has 3 aromatic heterocycles. The molecule has 0 aliphatic heterocycles. The van der Waals surface area contributed by atoms with Crippen LogP contribution in [0.25, 0.3) is 22.6 Å². The molecule has 0 atom stereocenters. The molecule has 8 heteroatoms. The van der Waals surface area contributed by atoms with Crippen molar-refractivity contribution < 1.29 is 9.53 Å². The molecule has 4 aromatic rings. The number of fused-ring (bicyclic) bond motifs is 1. The molecule has 0 aliphatic rings. The average molecular weight is 377 g/mol. The largest absolute Gasteiger partial charge is 0.461 e. The SMILES string of the molecule is CCOC(=O)c1cccc2nc(-c3ccc(-n4c(C)nn(C)c4=O)cc3)cn12.